The number of piperidine rings is 1. The molecule has 1 fully saturated rings. The van der Waals surface area contributed by atoms with Crippen LogP contribution in [0, 0.1) is 0 Å². The molecule has 0 saturated carbocycles. The van der Waals surface area contributed by atoms with Gasteiger partial charge < -0.3 is 15.6 Å². The van der Waals surface area contributed by atoms with Gasteiger partial charge >= 0.3 is 0 Å². The molecule has 5 rings (SSSR count). The largest absolute Gasteiger partial charge is 0.306 e. The van der Waals surface area contributed by atoms with Gasteiger partial charge in [-0.15, -0.1) is 0 Å². The van der Waals surface area contributed by atoms with Crippen LogP contribution in [0.3, 0.4) is 0 Å². The number of hydrogen-bond donors (Lipinski definition) is 2. The van der Waals surface area contributed by atoms with Crippen LogP contribution in [0.1, 0.15) is 34.8 Å². The molecule has 1 amide bonds. The fourth-order valence-corrected chi connectivity index (χ4v) is 4.20. The molecule has 0 aliphatic carbocycles. The highest BCUT2D eigenvalue weighted by molar-refractivity contribution is 6.04. The van der Waals surface area contributed by atoms with E-state index in [2.05, 4.69) is 44.9 Å². The number of likely N-dealkylation sites (tertiary alicyclic amines) is 1. The Morgan fingerprint density at radius 1 is 1.12 bits per heavy atom. The molecular formula is C24H27N7O. The quantitative estimate of drug-likeness (QED) is 0.663. The van der Waals surface area contributed by atoms with Crippen LogP contribution in [-0.4, -0.2) is 57.8 Å². The van der Waals surface area contributed by atoms with E-state index in [1.165, 1.54) is 0 Å². The standard InChI is InChI=1S/C24H27N7O/c1-29-9-6-22(7-10-29)31-16-21(14-27-31)24(32)28-23-12-20-11-17(3-4-18(20)13-25-23)19-5-8-26-30(2)15-19/h3-5,8,11-16,22,26H,6-7,9-10H2,1-2H3,(H,25,28,32). The van der Waals surface area contributed by atoms with Crippen molar-refractivity contribution in [1.82, 2.24) is 30.1 Å². The number of nitrogens with one attached hydrogen (secondary N) is 2. The first kappa shape index (κ1) is 20.3. The predicted molar refractivity (Wildman–Crippen MR) is 126 cm³/mol. The lowest BCUT2D eigenvalue weighted by Crippen LogP contribution is -2.31. The Hall–Kier alpha value is -3.65. The molecule has 164 valence electrons. The normalized spacial score (nSPS) is 17.3. The zero-order valence-corrected chi connectivity index (χ0v) is 18.3. The third-order valence-electron chi connectivity index (χ3n) is 6.10. The van der Waals surface area contributed by atoms with Crippen LogP contribution in [0.2, 0.25) is 0 Å². The summed E-state index contributed by atoms with van der Waals surface area (Å²) in [5.41, 5.74) is 5.86. The maximum Gasteiger partial charge on any atom is 0.260 e. The average molecular weight is 430 g/mol. The topological polar surface area (TPSA) is 78.3 Å². The second-order valence-corrected chi connectivity index (χ2v) is 8.49. The maximum absolute atomic E-state index is 12.8. The summed E-state index contributed by atoms with van der Waals surface area (Å²) in [5, 5.41) is 11.3. The van der Waals surface area contributed by atoms with Crippen LogP contribution in [0.25, 0.3) is 16.3 Å². The number of aromatic nitrogens is 3. The summed E-state index contributed by atoms with van der Waals surface area (Å²) in [6.07, 6.45) is 13.3. The maximum atomic E-state index is 12.8. The number of fused-ring (bicyclic) bond motifs is 1. The highest BCUT2D eigenvalue weighted by Gasteiger charge is 2.20. The number of hydrogen-bond acceptors (Lipinski definition) is 6. The van der Waals surface area contributed by atoms with Gasteiger partial charge in [0.2, 0.25) is 0 Å². The average Bonchev–Trinajstić information content (AvgIpc) is 3.30. The van der Waals surface area contributed by atoms with E-state index >= 15 is 0 Å². The van der Waals surface area contributed by atoms with Gasteiger partial charge in [0.15, 0.2) is 0 Å². The molecule has 32 heavy (non-hydrogen) atoms. The Labute approximate surface area is 187 Å². The van der Waals surface area contributed by atoms with Crippen molar-refractivity contribution in [2.75, 3.05) is 32.5 Å². The molecule has 0 spiro atoms. The summed E-state index contributed by atoms with van der Waals surface area (Å²) < 4.78 is 1.93. The van der Waals surface area contributed by atoms with E-state index in [0.717, 1.165) is 47.8 Å². The molecule has 0 bridgehead atoms. The van der Waals surface area contributed by atoms with Crippen molar-refractivity contribution in [2.24, 2.45) is 0 Å². The van der Waals surface area contributed by atoms with Crippen molar-refractivity contribution in [1.29, 1.82) is 0 Å². The van der Waals surface area contributed by atoms with Crippen molar-refractivity contribution in [2.45, 2.75) is 18.9 Å². The number of rotatable bonds is 4. The second-order valence-electron chi connectivity index (χ2n) is 8.49. The van der Waals surface area contributed by atoms with Crippen LogP contribution in [-0.2, 0) is 0 Å². The zero-order valence-electron chi connectivity index (χ0n) is 18.3. The van der Waals surface area contributed by atoms with Crippen LogP contribution in [0.15, 0.2) is 61.3 Å². The van der Waals surface area contributed by atoms with Crippen LogP contribution in [0.5, 0.6) is 0 Å². The summed E-state index contributed by atoms with van der Waals surface area (Å²) >= 11 is 0. The molecule has 1 aromatic carbocycles. The van der Waals surface area contributed by atoms with Crippen molar-refractivity contribution < 1.29 is 4.79 Å². The lowest BCUT2D eigenvalue weighted by atomic mass is 10.0. The number of pyridine rings is 1. The third-order valence-corrected chi connectivity index (χ3v) is 6.10. The first-order chi connectivity index (χ1) is 15.5. The van der Waals surface area contributed by atoms with E-state index in [1.54, 1.807) is 12.4 Å². The minimum Gasteiger partial charge on any atom is -0.306 e. The van der Waals surface area contributed by atoms with E-state index in [4.69, 9.17) is 0 Å². The van der Waals surface area contributed by atoms with E-state index in [0.29, 0.717) is 17.4 Å². The highest BCUT2D eigenvalue weighted by Crippen LogP contribution is 2.25. The summed E-state index contributed by atoms with van der Waals surface area (Å²) in [6, 6.07) is 8.50. The Morgan fingerprint density at radius 3 is 2.78 bits per heavy atom. The lowest BCUT2D eigenvalue weighted by Gasteiger charge is -2.28. The Morgan fingerprint density at radius 2 is 1.97 bits per heavy atom. The Bertz CT molecular complexity index is 1200. The van der Waals surface area contributed by atoms with Gasteiger partial charge in [-0.3, -0.25) is 14.5 Å². The van der Waals surface area contributed by atoms with E-state index in [1.807, 2.05) is 53.5 Å². The van der Waals surface area contributed by atoms with E-state index < -0.39 is 0 Å². The van der Waals surface area contributed by atoms with Gasteiger partial charge in [-0.25, -0.2) is 4.98 Å². The number of benzene rings is 1. The van der Waals surface area contributed by atoms with Crippen LogP contribution >= 0.6 is 0 Å². The minimum atomic E-state index is -0.196. The second kappa shape index (κ2) is 8.47. The first-order valence-electron chi connectivity index (χ1n) is 10.9. The number of nitrogens with zero attached hydrogens (tertiary/aromatic N) is 5. The molecule has 0 radical (unpaired) electrons. The number of hydrazine groups is 1. The minimum absolute atomic E-state index is 0.196. The Balaban J connectivity index is 1.32. The molecule has 8 heteroatoms. The molecular weight excluding hydrogens is 402 g/mol. The fraction of sp³-hybridized carbons (Fsp3) is 0.292. The number of anilines is 1. The third kappa shape index (κ3) is 4.22. The van der Waals surface area contributed by atoms with Gasteiger partial charge in [0, 0.05) is 42.8 Å². The molecule has 2 aliphatic rings. The molecule has 8 nitrogen and oxygen atoms in total. The van der Waals surface area contributed by atoms with Gasteiger partial charge in [-0.1, -0.05) is 12.1 Å². The van der Waals surface area contributed by atoms with Gasteiger partial charge in [0.1, 0.15) is 5.82 Å². The number of amides is 1. The molecule has 2 aliphatic heterocycles. The zero-order chi connectivity index (χ0) is 22.1. The molecule has 3 aromatic rings. The SMILES string of the molecule is CN1CCC(n2cc(C(=O)Nc3cc4cc(C5=CN(C)NC=C5)ccc4cn3)cn2)CC1. The summed E-state index contributed by atoms with van der Waals surface area (Å²) in [5.74, 6) is 0.330. The number of allylic oxidation sites excluding steroid dienone is 2. The summed E-state index contributed by atoms with van der Waals surface area (Å²) in [6.45, 7) is 2.10. The van der Waals surface area contributed by atoms with Gasteiger partial charge in [-0.05, 0) is 62.1 Å². The molecule has 4 heterocycles. The van der Waals surface area contributed by atoms with E-state index in [9.17, 15) is 4.79 Å². The van der Waals surface area contributed by atoms with Gasteiger partial charge in [0.05, 0.1) is 17.8 Å². The van der Waals surface area contributed by atoms with Gasteiger partial charge in [-0.2, -0.15) is 5.10 Å². The molecule has 1 saturated heterocycles. The summed E-state index contributed by atoms with van der Waals surface area (Å²) in [4.78, 5) is 19.5. The van der Waals surface area contributed by atoms with Crippen molar-refractivity contribution in [3.63, 3.8) is 0 Å². The molecule has 2 aromatic heterocycles. The van der Waals surface area contributed by atoms with Crippen LogP contribution < -0.4 is 10.7 Å². The lowest BCUT2D eigenvalue weighted by molar-refractivity contribution is 0.102. The first-order valence-corrected chi connectivity index (χ1v) is 10.9. The van der Waals surface area contributed by atoms with E-state index in [-0.39, 0.29) is 5.91 Å². The number of carbonyl (C=O) groups is 1. The Kier molecular flexibility index (Phi) is 5.36. The smallest absolute Gasteiger partial charge is 0.260 e. The van der Waals surface area contributed by atoms with Crippen molar-refractivity contribution in [3.8, 4) is 0 Å². The molecule has 0 atom stereocenters. The monoisotopic (exact) mass is 429 g/mol. The number of carbonyl (C=O) groups excluding carboxylic acids is 1. The molecule has 2 N–H and O–H groups in total. The van der Waals surface area contributed by atoms with Gasteiger partial charge in [0.25, 0.3) is 5.91 Å². The molecule has 0 unspecified atom stereocenters. The van der Waals surface area contributed by atoms with Crippen molar-refractivity contribution >= 4 is 28.1 Å². The summed E-state index contributed by atoms with van der Waals surface area (Å²) in [7, 11) is 4.09. The van der Waals surface area contributed by atoms with Crippen LogP contribution in [0.4, 0.5) is 5.82 Å². The fourth-order valence-electron chi connectivity index (χ4n) is 4.20. The highest BCUT2D eigenvalue weighted by atomic mass is 16.1. The predicted octanol–water partition coefficient (Wildman–Crippen LogP) is 3.25. The van der Waals surface area contributed by atoms with Crippen molar-refractivity contribution in [3.05, 3.63) is 72.5 Å².